The highest BCUT2D eigenvalue weighted by molar-refractivity contribution is 6.18. The smallest absolute Gasteiger partial charge is 0.220 e. The van der Waals surface area contributed by atoms with Crippen molar-refractivity contribution in [1.29, 1.82) is 0 Å². The van der Waals surface area contributed by atoms with E-state index in [1.54, 1.807) is 0 Å². The molecule has 0 radical (unpaired) electrons. The normalized spacial score (nSPS) is 27.4. The second-order valence-corrected chi connectivity index (χ2v) is 5.26. The first kappa shape index (κ1) is 12.2. The SMILES string of the molecule is O=C(CCC1CCCO1)NC1(CCl)CCC1. The van der Waals surface area contributed by atoms with E-state index in [-0.39, 0.29) is 11.4 Å². The molecule has 0 aromatic carbocycles. The Hall–Kier alpha value is -0.280. The van der Waals surface area contributed by atoms with E-state index < -0.39 is 0 Å². The number of hydrogen-bond donors (Lipinski definition) is 1. The summed E-state index contributed by atoms with van der Waals surface area (Å²) >= 11 is 5.89. The Bertz CT molecular complexity index is 242. The van der Waals surface area contributed by atoms with Crippen molar-refractivity contribution < 1.29 is 9.53 Å². The summed E-state index contributed by atoms with van der Waals surface area (Å²) in [7, 11) is 0. The summed E-state index contributed by atoms with van der Waals surface area (Å²) in [5, 5.41) is 3.08. The number of ether oxygens (including phenoxy) is 1. The molecule has 3 nitrogen and oxygen atoms in total. The molecule has 2 fully saturated rings. The van der Waals surface area contributed by atoms with Crippen molar-refractivity contribution in [2.24, 2.45) is 0 Å². The minimum absolute atomic E-state index is 0.0881. The van der Waals surface area contributed by atoms with Gasteiger partial charge in [0.25, 0.3) is 0 Å². The van der Waals surface area contributed by atoms with Crippen molar-refractivity contribution >= 4 is 17.5 Å². The van der Waals surface area contributed by atoms with E-state index in [1.165, 1.54) is 6.42 Å². The third-order valence-corrected chi connectivity index (χ3v) is 4.20. The van der Waals surface area contributed by atoms with Crippen molar-refractivity contribution in [3.63, 3.8) is 0 Å². The highest BCUT2D eigenvalue weighted by Crippen LogP contribution is 2.33. The number of carbonyl (C=O) groups excluding carboxylic acids is 1. The van der Waals surface area contributed by atoms with Crippen LogP contribution in [0.3, 0.4) is 0 Å². The molecule has 1 saturated carbocycles. The van der Waals surface area contributed by atoms with Gasteiger partial charge in [0, 0.05) is 18.9 Å². The molecule has 1 aliphatic heterocycles. The lowest BCUT2D eigenvalue weighted by molar-refractivity contribution is -0.124. The lowest BCUT2D eigenvalue weighted by Gasteiger charge is -2.41. The molecule has 1 aliphatic carbocycles. The molecule has 0 bridgehead atoms. The minimum Gasteiger partial charge on any atom is -0.378 e. The molecule has 1 amide bonds. The molecule has 0 aromatic heterocycles. The fraction of sp³-hybridized carbons (Fsp3) is 0.917. The van der Waals surface area contributed by atoms with Gasteiger partial charge in [-0.05, 0) is 38.5 Å². The Morgan fingerprint density at radius 1 is 1.44 bits per heavy atom. The van der Waals surface area contributed by atoms with Gasteiger partial charge in [0.2, 0.25) is 5.91 Å². The van der Waals surface area contributed by atoms with Crippen molar-refractivity contribution in [3.05, 3.63) is 0 Å². The predicted molar refractivity (Wildman–Crippen MR) is 63.7 cm³/mol. The monoisotopic (exact) mass is 245 g/mol. The van der Waals surface area contributed by atoms with E-state index in [9.17, 15) is 4.79 Å². The Kier molecular flexibility index (Phi) is 4.09. The van der Waals surface area contributed by atoms with Crippen LogP contribution >= 0.6 is 11.6 Å². The van der Waals surface area contributed by atoms with E-state index in [0.29, 0.717) is 18.4 Å². The van der Waals surface area contributed by atoms with Gasteiger partial charge in [-0.2, -0.15) is 0 Å². The first-order valence-corrected chi connectivity index (χ1v) is 6.76. The number of hydrogen-bond acceptors (Lipinski definition) is 2. The van der Waals surface area contributed by atoms with Crippen LogP contribution in [-0.2, 0) is 9.53 Å². The number of amides is 1. The van der Waals surface area contributed by atoms with Crippen LogP contribution in [0.25, 0.3) is 0 Å². The summed E-state index contributed by atoms with van der Waals surface area (Å²) in [5.74, 6) is 0.675. The highest BCUT2D eigenvalue weighted by atomic mass is 35.5. The summed E-state index contributed by atoms with van der Waals surface area (Å²) in [6.07, 6.45) is 7.21. The molecule has 16 heavy (non-hydrogen) atoms. The molecule has 1 atom stereocenters. The van der Waals surface area contributed by atoms with Gasteiger partial charge >= 0.3 is 0 Å². The topological polar surface area (TPSA) is 38.3 Å². The summed E-state index contributed by atoms with van der Waals surface area (Å²) in [6, 6.07) is 0. The zero-order valence-electron chi connectivity index (χ0n) is 9.64. The summed E-state index contributed by atoms with van der Waals surface area (Å²) in [5.41, 5.74) is -0.0881. The first-order valence-electron chi connectivity index (χ1n) is 6.23. The maximum absolute atomic E-state index is 11.7. The summed E-state index contributed by atoms with van der Waals surface area (Å²) in [4.78, 5) is 11.7. The number of nitrogens with one attached hydrogen (secondary N) is 1. The average molecular weight is 246 g/mol. The van der Waals surface area contributed by atoms with E-state index in [2.05, 4.69) is 5.32 Å². The highest BCUT2D eigenvalue weighted by Gasteiger charge is 2.37. The van der Waals surface area contributed by atoms with Crippen LogP contribution in [0.5, 0.6) is 0 Å². The minimum atomic E-state index is -0.0881. The van der Waals surface area contributed by atoms with Gasteiger partial charge in [-0.3, -0.25) is 4.79 Å². The number of rotatable bonds is 5. The van der Waals surface area contributed by atoms with Crippen molar-refractivity contribution in [1.82, 2.24) is 5.32 Å². The Morgan fingerprint density at radius 2 is 2.25 bits per heavy atom. The average Bonchev–Trinajstić information content (AvgIpc) is 2.73. The third-order valence-electron chi connectivity index (χ3n) is 3.69. The molecule has 1 N–H and O–H groups in total. The quantitative estimate of drug-likeness (QED) is 0.755. The van der Waals surface area contributed by atoms with Gasteiger partial charge in [-0.15, -0.1) is 11.6 Å². The van der Waals surface area contributed by atoms with E-state index in [4.69, 9.17) is 16.3 Å². The maximum atomic E-state index is 11.7. The molecule has 1 heterocycles. The molecule has 1 saturated heterocycles. The molecular formula is C12H20ClNO2. The molecule has 1 unspecified atom stereocenters. The van der Waals surface area contributed by atoms with Gasteiger partial charge in [-0.25, -0.2) is 0 Å². The fourth-order valence-electron chi connectivity index (χ4n) is 2.42. The maximum Gasteiger partial charge on any atom is 0.220 e. The number of halogens is 1. The molecule has 2 aliphatic rings. The van der Waals surface area contributed by atoms with Crippen LogP contribution in [0, 0.1) is 0 Å². The molecule has 2 rings (SSSR count). The van der Waals surface area contributed by atoms with Crippen LogP contribution in [0.2, 0.25) is 0 Å². The molecule has 92 valence electrons. The zero-order valence-corrected chi connectivity index (χ0v) is 10.4. The van der Waals surface area contributed by atoms with Gasteiger partial charge < -0.3 is 10.1 Å². The zero-order chi connectivity index (χ0) is 11.4. The number of alkyl halides is 1. The lowest BCUT2D eigenvalue weighted by Crippen LogP contribution is -2.55. The van der Waals surface area contributed by atoms with Crippen LogP contribution in [0.1, 0.15) is 44.9 Å². The Labute approximate surface area is 102 Å². The van der Waals surface area contributed by atoms with Crippen molar-refractivity contribution in [2.45, 2.75) is 56.6 Å². The van der Waals surface area contributed by atoms with Crippen molar-refractivity contribution in [2.75, 3.05) is 12.5 Å². The Balaban J connectivity index is 1.67. The van der Waals surface area contributed by atoms with Crippen LogP contribution in [-0.4, -0.2) is 30.0 Å². The Morgan fingerprint density at radius 3 is 2.75 bits per heavy atom. The van der Waals surface area contributed by atoms with Crippen molar-refractivity contribution in [3.8, 4) is 0 Å². The van der Waals surface area contributed by atoms with Crippen LogP contribution in [0.4, 0.5) is 0 Å². The second kappa shape index (κ2) is 5.37. The molecular weight excluding hydrogens is 226 g/mol. The predicted octanol–water partition coefficient (Wildman–Crippen LogP) is 2.22. The summed E-state index contributed by atoms with van der Waals surface area (Å²) in [6.45, 7) is 0.859. The van der Waals surface area contributed by atoms with E-state index in [1.807, 2.05) is 0 Å². The molecule has 4 heteroatoms. The van der Waals surface area contributed by atoms with Gasteiger partial charge in [0.15, 0.2) is 0 Å². The van der Waals surface area contributed by atoms with Crippen LogP contribution in [0.15, 0.2) is 0 Å². The summed E-state index contributed by atoms with van der Waals surface area (Å²) < 4.78 is 5.49. The third kappa shape index (κ3) is 2.89. The van der Waals surface area contributed by atoms with Gasteiger partial charge in [0.1, 0.15) is 0 Å². The fourth-order valence-corrected chi connectivity index (χ4v) is 2.75. The van der Waals surface area contributed by atoms with E-state index in [0.717, 1.165) is 38.7 Å². The van der Waals surface area contributed by atoms with E-state index >= 15 is 0 Å². The van der Waals surface area contributed by atoms with Gasteiger partial charge in [-0.1, -0.05) is 0 Å². The molecule has 0 aromatic rings. The van der Waals surface area contributed by atoms with Crippen LogP contribution < -0.4 is 5.32 Å². The van der Waals surface area contributed by atoms with Gasteiger partial charge in [0.05, 0.1) is 11.6 Å². The lowest BCUT2D eigenvalue weighted by atomic mass is 9.78. The standard InChI is InChI=1S/C12H20ClNO2/c13-9-12(6-2-7-12)14-11(15)5-4-10-3-1-8-16-10/h10H,1-9H2,(H,14,15). The largest absolute Gasteiger partial charge is 0.378 e. The number of carbonyl (C=O) groups is 1. The molecule has 0 spiro atoms. The second-order valence-electron chi connectivity index (χ2n) is 4.99. The first-order chi connectivity index (χ1) is 7.74.